The third kappa shape index (κ3) is 3.19. The van der Waals surface area contributed by atoms with Gasteiger partial charge in [-0.05, 0) is 30.2 Å². The van der Waals surface area contributed by atoms with Gasteiger partial charge in [-0.1, -0.05) is 30.3 Å². The number of ether oxygens (including phenoxy) is 2. The maximum absolute atomic E-state index is 5.96. The van der Waals surface area contributed by atoms with Crippen LogP contribution in [0.5, 0.6) is 11.5 Å². The van der Waals surface area contributed by atoms with E-state index in [-0.39, 0.29) is 6.04 Å². The Bertz CT molecular complexity index is 622. The van der Waals surface area contributed by atoms with Crippen LogP contribution in [0.2, 0.25) is 0 Å². The molecule has 3 nitrogen and oxygen atoms in total. The van der Waals surface area contributed by atoms with Crippen molar-refractivity contribution in [1.29, 1.82) is 0 Å². The summed E-state index contributed by atoms with van der Waals surface area (Å²) in [5, 5.41) is 0. The SMILES string of the molecule is C[C@@H](N)c1ccccc1OCCc1ccc2c(c1)CCO2. The molecule has 3 rings (SSSR count). The van der Waals surface area contributed by atoms with Crippen LogP contribution in [-0.4, -0.2) is 13.2 Å². The highest BCUT2D eigenvalue weighted by Crippen LogP contribution is 2.26. The van der Waals surface area contributed by atoms with Crippen LogP contribution in [0.25, 0.3) is 0 Å². The van der Waals surface area contributed by atoms with Crippen molar-refractivity contribution in [3.05, 3.63) is 59.2 Å². The van der Waals surface area contributed by atoms with Crippen LogP contribution in [-0.2, 0) is 12.8 Å². The Morgan fingerprint density at radius 1 is 1.24 bits per heavy atom. The van der Waals surface area contributed by atoms with Gasteiger partial charge in [0.25, 0.3) is 0 Å². The average Bonchev–Trinajstić information content (AvgIpc) is 2.95. The lowest BCUT2D eigenvalue weighted by atomic mass is 10.1. The third-order valence-corrected chi connectivity index (χ3v) is 3.81. The van der Waals surface area contributed by atoms with Crippen LogP contribution in [0.3, 0.4) is 0 Å². The normalized spacial score (nSPS) is 14.4. The second kappa shape index (κ2) is 6.19. The molecular weight excluding hydrogens is 262 g/mol. The zero-order valence-electron chi connectivity index (χ0n) is 12.3. The Labute approximate surface area is 125 Å². The van der Waals surface area contributed by atoms with Crippen molar-refractivity contribution in [3.8, 4) is 11.5 Å². The summed E-state index contributed by atoms with van der Waals surface area (Å²) in [5.41, 5.74) is 9.62. The molecule has 1 heterocycles. The first-order valence-corrected chi connectivity index (χ1v) is 7.46. The van der Waals surface area contributed by atoms with E-state index in [1.807, 2.05) is 31.2 Å². The van der Waals surface area contributed by atoms with Gasteiger partial charge < -0.3 is 15.2 Å². The molecule has 2 aromatic rings. The molecule has 0 aliphatic carbocycles. The van der Waals surface area contributed by atoms with E-state index in [2.05, 4.69) is 18.2 Å². The highest BCUT2D eigenvalue weighted by Gasteiger charge is 2.12. The van der Waals surface area contributed by atoms with Gasteiger partial charge >= 0.3 is 0 Å². The number of rotatable bonds is 5. The first-order chi connectivity index (χ1) is 10.2. The van der Waals surface area contributed by atoms with E-state index in [0.29, 0.717) is 6.61 Å². The highest BCUT2D eigenvalue weighted by molar-refractivity contribution is 5.40. The van der Waals surface area contributed by atoms with Crippen molar-refractivity contribution in [1.82, 2.24) is 0 Å². The van der Waals surface area contributed by atoms with E-state index in [1.54, 1.807) is 0 Å². The molecule has 0 aromatic heterocycles. The molecule has 21 heavy (non-hydrogen) atoms. The number of nitrogens with two attached hydrogens (primary N) is 1. The molecule has 2 N–H and O–H groups in total. The van der Waals surface area contributed by atoms with Crippen molar-refractivity contribution in [2.45, 2.75) is 25.8 Å². The molecule has 0 amide bonds. The van der Waals surface area contributed by atoms with E-state index < -0.39 is 0 Å². The quantitative estimate of drug-likeness (QED) is 0.916. The van der Waals surface area contributed by atoms with Gasteiger partial charge in [0.1, 0.15) is 11.5 Å². The van der Waals surface area contributed by atoms with E-state index in [4.69, 9.17) is 15.2 Å². The molecule has 1 aliphatic rings. The highest BCUT2D eigenvalue weighted by atomic mass is 16.5. The molecule has 0 unspecified atom stereocenters. The van der Waals surface area contributed by atoms with Crippen LogP contribution < -0.4 is 15.2 Å². The first-order valence-electron chi connectivity index (χ1n) is 7.46. The molecule has 3 heteroatoms. The lowest BCUT2D eigenvalue weighted by molar-refractivity contribution is 0.317. The number of hydrogen-bond donors (Lipinski definition) is 1. The minimum Gasteiger partial charge on any atom is -0.493 e. The van der Waals surface area contributed by atoms with Gasteiger partial charge in [-0.15, -0.1) is 0 Å². The van der Waals surface area contributed by atoms with Gasteiger partial charge in [0.05, 0.1) is 13.2 Å². The third-order valence-electron chi connectivity index (χ3n) is 3.81. The number of benzene rings is 2. The molecule has 0 saturated carbocycles. The number of hydrogen-bond acceptors (Lipinski definition) is 3. The minimum atomic E-state index is -0.0154. The minimum absolute atomic E-state index is 0.0154. The van der Waals surface area contributed by atoms with Crippen LogP contribution in [0.15, 0.2) is 42.5 Å². The summed E-state index contributed by atoms with van der Waals surface area (Å²) in [6, 6.07) is 14.4. The zero-order chi connectivity index (χ0) is 14.7. The second-order valence-electron chi connectivity index (χ2n) is 5.47. The molecule has 0 fully saturated rings. The van der Waals surface area contributed by atoms with Crippen LogP contribution in [0, 0.1) is 0 Å². The summed E-state index contributed by atoms with van der Waals surface area (Å²) in [4.78, 5) is 0. The Morgan fingerprint density at radius 2 is 2.10 bits per heavy atom. The summed E-state index contributed by atoms with van der Waals surface area (Å²) in [5.74, 6) is 1.92. The Balaban J connectivity index is 1.61. The molecule has 0 spiro atoms. The molecule has 0 radical (unpaired) electrons. The Kier molecular flexibility index (Phi) is 4.11. The topological polar surface area (TPSA) is 44.5 Å². The van der Waals surface area contributed by atoms with Gasteiger partial charge in [0.2, 0.25) is 0 Å². The predicted octanol–water partition coefficient (Wildman–Crippen LogP) is 3.26. The maximum Gasteiger partial charge on any atom is 0.124 e. The first kappa shape index (κ1) is 14.0. The molecule has 1 atom stereocenters. The maximum atomic E-state index is 5.96. The Hall–Kier alpha value is -2.00. The summed E-state index contributed by atoms with van der Waals surface area (Å²) in [6.45, 7) is 3.43. The molecular formula is C18H21NO2. The van der Waals surface area contributed by atoms with Crippen molar-refractivity contribution < 1.29 is 9.47 Å². The molecule has 0 saturated heterocycles. The van der Waals surface area contributed by atoms with Crippen LogP contribution in [0.1, 0.15) is 29.7 Å². The largest absolute Gasteiger partial charge is 0.493 e. The van der Waals surface area contributed by atoms with Crippen molar-refractivity contribution in [2.24, 2.45) is 5.73 Å². The second-order valence-corrected chi connectivity index (χ2v) is 5.47. The van der Waals surface area contributed by atoms with Gasteiger partial charge in [-0.2, -0.15) is 0 Å². The fourth-order valence-electron chi connectivity index (χ4n) is 2.66. The van der Waals surface area contributed by atoms with E-state index in [9.17, 15) is 0 Å². The van der Waals surface area contributed by atoms with Gasteiger partial charge in [0, 0.05) is 24.4 Å². The van der Waals surface area contributed by atoms with E-state index >= 15 is 0 Å². The smallest absolute Gasteiger partial charge is 0.124 e. The van der Waals surface area contributed by atoms with Gasteiger partial charge in [-0.3, -0.25) is 0 Å². The zero-order valence-corrected chi connectivity index (χ0v) is 12.3. The predicted molar refractivity (Wildman–Crippen MR) is 83.9 cm³/mol. The van der Waals surface area contributed by atoms with E-state index in [0.717, 1.165) is 36.5 Å². The van der Waals surface area contributed by atoms with Gasteiger partial charge in [0.15, 0.2) is 0 Å². The van der Waals surface area contributed by atoms with Crippen molar-refractivity contribution in [2.75, 3.05) is 13.2 Å². The summed E-state index contributed by atoms with van der Waals surface area (Å²) in [6.07, 6.45) is 1.90. The van der Waals surface area contributed by atoms with Crippen LogP contribution in [0.4, 0.5) is 0 Å². The summed E-state index contributed by atoms with van der Waals surface area (Å²) >= 11 is 0. The van der Waals surface area contributed by atoms with Crippen molar-refractivity contribution in [3.63, 3.8) is 0 Å². The number of para-hydroxylation sites is 1. The molecule has 1 aliphatic heterocycles. The molecule has 110 valence electrons. The summed E-state index contributed by atoms with van der Waals surface area (Å²) in [7, 11) is 0. The Morgan fingerprint density at radius 3 is 2.95 bits per heavy atom. The molecule has 2 aromatic carbocycles. The van der Waals surface area contributed by atoms with E-state index in [1.165, 1.54) is 11.1 Å². The molecule has 0 bridgehead atoms. The summed E-state index contributed by atoms with van der Waals surface area (Å²) < 4.78 is 11.4. The lowest BCUT2D eigenvalue weighted by Crippen LogP contribution is -2.09. The number of fused-ring (bicyclic) bond motifs is 1. The van der Waals surface area contributed by atoms with Gasteiger partial charge in [-0.25, -0.2) is 0 Å². The fraction of sp³-hybridized carbons (Fsp3) is 0.333. The average molecular weight is 283 g/mol. The lowest BCUT2D eigenvalue weighted by Gasteiger charge is -2.14. The fourth-order valence-corrected chi connectivity index (χ4v) is 2.66. The standard InChI is InChI=1S/C18H21NO2/c1-13(19)16-4-2-3-5-18(16)21-10-8-14-6-7-17-15(12-14)9-11-20-17/h2-7,12-13H,8-11,19H2,1H3/t13-/m1/s1. The van der Waals surface area contributed by atoms with Crippen molar-refractivity contribution >= 4 is 0 Å². The van der Waals surface area contributed by atoms with Crippen LogP contribution >= 0.6 is 0 Å². The monoisotopic (exact) mass is 283 g/mol.